The Morgan fingerprint density at radius 3 is 2.31 bits per heavy atom. The maximum Gasteiger partial charge on any atom is 0.355 e. The highest BCUT2D eigenvalue weighted by Crippen LogP contribution is 2.25. The maximum atomic E-state index is 12.5. The zero-order valence-electron chi connectivity index (χ0n) is 17.4. The minimum atomic E-state index is -0.741. The number of rotatable bonds is 8. The molecule has 0 saturated heterocycles. The number of hydrogen-bond acceptors (Lipinski definition) is 7. The molecule has 8 nitrogen and oxygen atoms in total. The first-order chi connectivity index (χ1) is 13.7. The molecule has 0 aliphatic rings. The summed E-state index contributed by atoms with van der Waals surface area (Å²) in [6.07, 6.45) is -0.288. The fraction of sp³-hybridized carbons (Fsp3) is 0.381. The SMILES string of the molecule is COc1ccc(C(=O)COC(=O)c2[nH]c(C)c(C(=O)OC(C)C)c2C)c(OC)c1. The summed E-state index contributed by atoms with van der Waals surface area (Å²) >= 11 is 0. The van der Waals surface area contributed by atoms with Crippen LogP contribution in [0.3, 0.4) is 0 Å². The minimum Gasteiger partial charge on any atom is -0.497 e. The van der Waals surface area contributed by atoms with Crippen molar-refractivity contribution < 1.29 is 33.3 Å². The molecule has 0 unspecified atom stereocenters. The number of carbonyl (C=O) groups is 3. The van der Waals surface area contributed by atoms with E-state index in [1.165, 1.54) is 20.3 Å². The fourth-order valence-corrected chi connectivity index (χ4v) is 2.84. The van der Waals surface area contributed by atoms with Crippen molar-refractivity contribution in [3.8, 4) is 11.5 Å². The second-order valence-electron chi connectivity index (χ2n) is 6.64. The number of Topliss-reactive ketones (excluding diaryl/α,β-unsaturated/α-hetero) is 1. The maximum absolute atomic E-state index is 12.5. The van der Waals surface area contributed by atoms with Crippen molar-refractivity contribution in [3.63, 3.8) is 0 Å². The summed E-state index contributed by atoms with van der Waals surface area (Å²) in [6.45, 7) is 6.27. The molecule has 0 spiro atoms. The average Bonchev–Trinajstić information content (AvgIpc) is 2.98. The first-order valence-electron chi connectivity index (χ1n) is 9.02. The van der Waals surface area contributed by atoms with E-state index in [9.17, 15) is 14.4 Å². The van der Waals surface area contributed by atoms with Crippen LogP contribution in [-0.2, 0) is 9.47 Å². The van der Waals surface area contributed by atoms with Gasteiger partial charge in [0, 0.05) is 11.8 Å². The van der Waals surface area contributed by atoms with Gasteiger partial charge in [0.1, 0.15) is 17.2 Å². The molecule has 0 atom stereocenters. The molecule has 0 saturated carbocycles. The third-order valence-corrected chi connectivity index (χ3v) is 4.23. The zero-order valence-corrected chi connectivity index (χ0v) is 17.4. The minimum absolute atomic E-state index is 0.104. The first kappa shape index (κ1) is 22.0. The van der Waals surface area contributed by atoms with Crippen LogP contribution < -0.4 is 9.47 Å². The number of benzene rings is 1. The Labute approximate surface area is 169 Å². The molecule has 2 rings (SSSR count). The molecule has 0 aliphatic heterocycles. The zero-order chi connectivity index (χ0) is 21.7. The van der Waals surface area contributed by atoms with Crippen LogP contribution in [-0.4, -0.2) is 49.6 Å². The number of aromatic amines is 1. The van der Waals surface area contributed by atoms with Crippen LogP contribution in [0.25, 0.3) is 0 Å². The lowest BCUT2D eigenvalue weighted by Crippen LogP contribution is -2.16. The molecule has 0 aliphatic carbocycles. The number of carbonyl (C=O) groups excluding carboxylic acids is 3. The van der Waals surface area contributed by atoms with Crippen LogP contribution in [0.2, 0.25) is 0 Å². The van der Waals surface area contributed by atoms with E-state index in [0.717, 1.165) is 0 Å². The number of esters is 2. The molecule has 2 aromatic rings. The lowest BCUT2D eigenvalue weighted by molar-refractivity contribution is 0.0376. The fourth-order valence-electron chi connectivity index (χ4n) is 2.84. The van der Waals surface area contributed by atoms with Crippen molar-refractivity contribution in [2.45, 2.75) is 33.8 Å². The summed E-state index contributed by atoms with van der Waals surface area (Å²) in [4.78, 5) is 40.0. The number of aryl methyl sites for hydroxylation is 1. The van der Waals surface area contributed by atoms with Gasteiger partial charge in [-0.15, -0.1) is 0 Å². The Kier molecular flexibility index (Phi) is 7.03. The molecule has 1 aromatic heterocycles. The molecule has 1 aromatic carbocycles. The van der Waals surface area contributed by atoms with E-state index in [1.807, 2.05) is 0 Å². The van der Waals surface area contributed by atoms with E-state index < -0.39 is 24.3 Å². The number of ketones is 1. The Bertz CT molecular complexity index is 927. The monoisotopic (exact) mass is 403 g/mol. The van der Waals surface area contributed by atoms with Gasteiger partial charge in [0.25, 0.3) is 0 Å². The number of ether oxygens (including phenoxy) is 4. The predicted octanol–water partition coefficient (Wildman–Crippen LogP) is 3.25. The van der Waals surface area contributed by atoms with E-state index in [4.69, 9.17) is 18.9 Å². The van der Waals surface area contributed by atoms with E-state index in [-0.39, 0.29) is 22.9 Å². The summed E-state index contributed by atoms with van der Waals surface area (Å²) in [5, 5.41) is 0. The molecule has 1 heterocycles. The summed E-state index contributed by atoms with van der Waals surface area (Å²) in [5.41, 5.74) is 1.55. The van der Waals surface area contributed by atoms with Gasteiger partial charge in [0.05, 0.1) is 31.5 Å². The van der Waals surface area contributed by atoms with Crippen LogP contribution in [0, 0.1) is 13.8 Å². The number of H-pyrrole nitrogens is 1. The molecule has 0 bridgehead atoms. The summed E-state index contributed by atoms with van der Waals surface area (Å²) < 4.78 is 20.7. The predicted molar refractivity (Wildman–Crippen MR) is 105 cm³/mol. The summed E-state index contributed by atoms with van der Waals surface area (Å²) in [6, 6.07) is 4.72. The van der Waals surface area contributed by atoms with Gasteiger partial charge in [-0.05, 0) is 45.4 Å². The molecule has 8 heteroatoms. The van der Waals surface area contributed by atoms with Crippen LogP contribution >= 0.6 is 0 Å². The summed E-state index contributed by atoms with van der Waals surface area (Å²) in [7, 11) is 2.93. The molecule has 0 radical (unpaired) electrons. The lowest BCUT2D eigenvalue weighted by Gasteiger charge is -2.10. The molecular weight excluding hydrogens is 378 g/mol. The van der Waals surface area contributed by atoms with E-state index in [0.29, 0.717) is 22.8 Å². The van der Waals surface area contributed by atoms with E-state index in [2.05, 4.69) is 4.98 Å². The normalized spacial score (nSPS) is 10.6. The van der Waals surface area contributed by atoms with Crippen molar-refractivity contribution >= 4 is 17.7 Å². The van der Waals surface area contributed by atoms with Crippen molar-refractivity contribution in [2.24, 2.45) is 0 Å². The average molecular weight is 403 g/mol. The van der Waals surface area contributed by atoms with Gasteiger partial charge in [-0.25, -0.2) is 9.59 Å². The molecule has 1 N–H and O–H groups in total. The van der Waals surface area contributed by atoms with Crippen molar-refractivity contribution in [2.75, 3.05) is 20.8 Å². The van der Waals surface area contributed by atoms with Gasteiger partial charge in [-0.2, -0.15) is 0 Å². The van der Waals surface area contributed by atoms with Crippen LogP contribution in [0.5, 0.6) is 11.5 Å². The first-order valence-corrected chi connectivity index (χ1v) is 9.02. The highest BCUT2D eigenvalue weighted by Gasteiger charge is 2.25. The molecule has 0 fully saturated rings. The van der Waals surface area contributed by atoms with Crippen molar-refractivity contribution in [1.29, 1.82) is 0 Å². The van der Waals surface area contributed by atoms with E-state index in [1.54, 1.807) is 39.8 Å². The number of hydrogen-bond donors (Lipinski definition) is 1. The van der Waals surface area contributed by atoms with Gasteiger partial charge in [-0.1, -0.05) is 0 Å². The molecular formula is C21H25NO7. The summed E-state index contributed by atoms with van der Waals surface area (Å²) in [5.74, 6) is -0.845. The Balaban J connectivity index is 2.14. The van der Waals surface area contributed by atoms with Crippen molar-refractivity contribution in [3.05, 3.63) is 46.3 Å². The highest BCUT2D eigenvalue weighted by molar-refractivity contribution is 6.02. The molecule has 0 amide bonds. The van der Waals surface area contributed by atoms with Crippen molar-refractivity contribution in [1.82, 2.24) is 4.98 Å². The van der Waals surface area contributed by atoms with Gasteiger partial charge in [0.15, 0.2) is 6.61 Å². The van der Waals surface area contributed by atoms with Crippen LogP contribution in [0.1, 0.15) is 56.3 Å². The molecule has 29 heavy (non-hydrogen) atoms. The van der Waals surface area contributed by atoms with Gasteiger partial charge in [0.2, 0.25) is 5.78 Å². The lowest BCUT2D eigenvalue weighted by atomic mass is 10.1. The highest BCUT2D eigenvalue weighted by atomic mass is 16.5. The Morgan fingerprint density at radius 2 is 1.72 bits per heavy atom. The third-order valence-electron chi connectivity index (χ3n) is 4.23. The van der Waals surface area contributed by atoms with Gasteiger partial charge < -0.3 is 23.9 Å². The third kappa shape index (κ3) is 4.96. The Morgan fingerprint density at radius 1 is 1.03 bits per heavy atom. The van der Waals surface area contributed by atoms with Gasteiger partial charge in [-0.3, -0.25) is 4.79 Å². The second kappa shape index (κ2) is 9.27. The van der Waals surface area contributed by atoms with Gasteiger partial charge >= 0.3 is 11.9 Å². The quantitative estimate of drug-likeness (QED) is 0.533. The van der Waals surface area contributed by atoms with Crippen LogP contribution in [0.4, 0.5) is 0 Å². The van der Waals surface area contributed by atoms with Crippen LogP contribution in [0.15, 0.2) is 18.2 Å². The Hall–Kier alpha value is -3.29. The number of methoxy groups -OCH3 is 2. The topological polar surface area (TPSA) is 104 Å². The number of aromatic nitrogens is 1. The second-order valence-corrected chi connectivity index (χ2v) is 6.64. The number of nitrogens with one attached hydrogen (secondary N) is 1. The standard InChI is InChI=1S/C21H25NO7/c1-11(2)29-20(24)18-12(3)19(22-13(18)4)21(25)28-10-16(23)15-8-7-14(26-5)9-17(15)27-6/h7-9,11,22H,10H2,1-6H3. The largest absolute Gasteiger partial charge is 0.497 e. The smallest absolute Gasteiger partial charge is 0.355 e. The van der Waals surface area contributed by atoms with E-state index >= 15 is 0 Å². The molecule has 156 valence electrons.